The Kier molecular flexibility index (Phi) is 7.60. The molecule has 0 amide bonds. The molecule has 0 aliphatic carbocycles. The fourth-order valence-electron chi connectivity index (χ4n) is 2.98. The summed E-state index contributed by atoms with van der Waals surface area (Å²) in [7, 11) is 1.97. The number of hydrogen-bond acceptors (Lipinski definition) is 4. The molecule has 0 radical (unpaired) electrons. The van der Waals surface area contributed by atoms with Crippen molar-refractivity contribution in [1.29, 1.82) is 0 Å². The smallest absolute Gasteiger partial charge is 0.180 e. The molecule has 0 aliphatic rings. The van der Waals surface area contributed by atoms with E-state index in [0.717, 1.165) is 22.8 Å². The first-order valence-corrected chi connectivity index (χ1v) is 9.36. The maximum absolute atomic E-state index is 9.58. The molecule has 0 saturated heterocycles. The van der Waals surface area contributed by atoms with Crippen molar-refractivity contribution < 1.29 is 21.6 Å². The zero-order chi connectivity index (χ0) is 20.3. The van der Waals surface area contributed by atoms with E-state index >= 15 is 0 Å². The molecular formula is C22H23N4NiOS-. The van der Waals surface area contributed by atoms with E-state index in [4.69, 9.17) is 22.6 Å². The topological polar surface area (TPSA) is 54.8 Å². The summed E-state index contributed by atoms with van der Waals surface area (Å²) in [5, 5.41) is 9.58. The first-order valence-electron chi connectivity index (χ1n) is 8.96. The number of allylic oxidation sites excluding steroid dienone is 2. The molecule has 0 spiro atoms. The van der Waals surface area contributed by atoms with Crippen LogP contribution in [0.2, 0.25) is 0 Å². The van der Waals surface area contributed by atoms with Crippen LogP contribution in [0.5, 0.6) is 0 Å². The molecule has 29 heavy (non-hydrogen) atoms. The van der Waals surface area contributed by atoms with Crippen LogP contribution in [0.4, 0.5) is 11.4 Å². The van der Waals surface area contributed by atoms with Gasteiger partial charge in [0.25, 0.3) is 0 Å². The van der Waals surface area contributed by atoms with E-state index in [1.807, 2.05) is 84.9 Å². The van der Waals surface area contributed by atoms with Crippen LogP contribution in [-0.2, 0) is 36.2 Å². The van der Waals surface area contributed by atoms with Gasteiger partial charge in [0.2, 0.25) is 0 Å². The SMILES string of the molecule is CC(/C=C(/C)O)=Nc1c(C)n(C)n(-c2ccccc2)c1=Nc1ccccc1[S-].[Ni]. The summed E-state index contributed by atoms with van der Waals surface area (Å²) < 4.78 is 4.03. The monoisotopic (exact) mass is 449 g/mol. The second kappa shape index (κ2) is 9.72. The molecule has 3 aromatic rings. The van der Waals surface area contributed by atoms with Gasteiger partial charge >= 0.3 is 0 Å². The normalized spacial score (nSPS) is 12.8. The van der Waals surface area contributed by atoms with Crippen LogP contribution in [0.15, 0.2) is 81.3 Å². The predicted octanol–water partition coefficient (Wildman–Crippen LogP) is 4.81. The Hall–Kier alpha value is -2.63. The Labute approximate surface area is 186 Å². The Morgan fingerprint density at radius 3 is 2.28 bits per heavy atom. The number of rotatable bonds is 4. The summed E-state index contributed by atoms with van der Waals surface area (Å²) in [4.78, 5) is 10.3. The van der Waals surface area contributed by atoms with Crippen molar-refractivity contribution in [3.63, 3.8) is 0 Å². The summed E-state index contributed by atoms with van der Waals surface area (Å²) >= 11 is 5.45. The third-order valence-electron chi connectivity index (χ3n) is 4.34. The Morgan fingerprint density at radius 1 is 1.03 bits per heavy atom. The van der Waals surface area contributed by atoms with E-state index in [1.54, 1.807) is 13.0 Å². The molecule has 0 bridgehead atoms. The number of benzene rings is 2. The second-order valence-corrected chi connectivity index (χ2v) is 6.99. The van der Waals surface area contributed by atoms with Gasteiger partial charge in [-0.3, -0.25) is 4.68 Å². The fourth-order valence-corrected chi connectivity index (χ4v) is 3.17. The number of nitrogens with zero attached hydrogens (tertiary/aromatic N) is 4. The molecule has 0 unspecified atom stereocenters. The van der Waals surface area contributed by atoms with E-state index < -0.39 is 0 Å². The molecule has 0 atom stereocenters. The van der Waals surface area contributed by atoms with Gasteiger partial charge in [0.1, 0.15) is 5.69 Å². The average molecular weight is 450 g/mol. The number of aliphatic imine (C=N–C) groups is 1. The molecule has 2 aromatic carbocycles. The van der Waals surface area contributed by atoms with Crippen LogP contribution in [0.1, 0.15) is 19.5 Å². The van der Waals surface area contributed by atoms with Gasteiger partial charge in [0.05, 0.1) is 17.1 Å². The first-order chi connectivity index (χ1) is 13.4. The quantitative estimate of drug-likeness (QED) is 0.269. The molecule has 0 aliphatic heterocycles. The molecule has 154 valence electrons. The van der Waals surface area contributed by atoms with Crippen molar-refractivity contribution in [2.45, 2.75) is 25.7 Å². The van der Waals surface area contributed by atoms with Crippen molar-refractivity contribution in [2.75, 3.05) is 0 Å². The number of hydrogen-bond donors (Lipinski definition) is 1. The molecule has 1 aromatic heterocycles. The number of para-hydroxylation sites is 2. The summed E-state index contributed by atoms with van der Waals surface area (Å²) in [6.07, 6.45) is 1.63. The van der Waals surface area contributed by atoms with Crippen molar-refractivity contribution in [3.05, 3.63) is 77.6 Å². The number of aromatic nitrogens is 2. The maximum Gasteiger partial charge on any atom is 0.180 e. The minimum Gasteiger partial charge on any atom is -0.778 e. The van der Waals surface area contributed by atoms with E-state index in [-0.39, 0.29) is 22.3 Å². The summed E-state index contributed by atoms with van der Waals surface area (Å²) in [6.45, 7) is 5.48. The molecule has 5 nitrogen and oxygen atoms in total. The first kappa shape index (κ1) is 22.7. The van der Waals surface area contributed by atoms with Gasteiger partial charge in [-0.1, -0.05) is 36.4 Å². The van der Waals surface area contributed by atoms with Crippen LogP contribution in [0.25, 0.3) is 5.69 Å². The molecule has 0 fully saturated rings. The number of aliphatic hydroxyl groups is 1. The van der Waals surface area contributed by atoms with Gasteiger partial charge in [0, 0.05) is 34.9 Å². The van der Waals surface area contributed by atoms with E-state index in [2.05, 4.69) is 0 Å². The average Bonchev–Trinajstić information content (AvgIpc) is 2.88. The van der Waals surface area contributed by atoms with Crippen LogP contribution in [0, 0.1) is 6.92 Å². The molecule has 0 saturated carbocycles. The van der Waals surface area contributed by atoms with Crippen molar-refractivity contribution in [1.82, 2.24) is 9.36 Å². The van der Waals surface area contributed by atoms with Crippen LogP contribution in [0.3, 0.4) is 0 Å². The molecule has 1 heterocycles. The van der Waals surface area contributed by atoms with Crippen LogP contribution >= 0.6 is 0 Å². The maximum atomic E-state index is 9.58. The second-order valence-electron chi connectivity index (χ2n) is 6.55. The third-order valence-corrected chi connectivity index (χ3v) is 4.68. The minimum absolute atomic E-state index is 0. The number of aliphatic hydroxyl groups excluding tert-OH is 1. The minimum atomic E-state index is 0. The molecular weight excluding hydrogens is 427 g/mol. The van der Waals surface area contributed by atoms with Gasteiger partial charge in [-0.25, -0.2) is 14.7 Å². The van der Waals surface area contributed by atoms with Crippen molar-refractivity contribution in [2.24, 2.45) is 17.0 Å². The van der Waals surface area contributed by atoms with Gasteiger partial charge in [-0.2, -0.15) is 0 Å². The summed E-state index contributed by atoms with van der Waals surface area (Å²) in [5.41, 5.74) is 4.76. The Balaban J connectivity index is 0.00000300. The third kappa shape index (κ3) is 5.05. The largest absolute Gasteiger partial charge is 0.778 e. The fraction of sp³-hybridized carbons (Fsp3) is 0.182. The van der Waals surface area contributed by atoms with Crippen LogP contribution < -0.4 is 5.49 Å². The van der Waals surface area contributed by atoms with E-state index in [9.17, 15) is 5.11 Å². The van der Waals surface area contributed by atoms with Gasteiger partial charge in [-0.15, -0.1) is 4.90 Å². The molecule has 3 rings (SSSR count). The summed E-state index contributed by atoms with van der Waals surface area (Å²) in [6, 6.07) is 17.6. The predicted molar refractivity (Wildman–Crippen MR) is 116 cm³/mol. The van der Waals surface area contributed by atoms with Gasteiger partial charge in [0.15, 0.2) is 5.49 Å². The van der Waals surface area contributed by atoms with E-state index in [0.29, 0.717) is 16.1 Å². The summed E-state index contributed by atoms with van der Waals surface area (Å²) in [5.74, 6) is 0.208. The Morgan fingerprint density at radius 2 is 1.66 bits per heavy atom. The zero-order valence-corrected chi connectivity index (χ0v) is 18.5. The van der Waals surface area contributed by atoms with Gasteiger partial charge < -0.3 is 17.7 Å². The van der Waals surface area contributed by atoms with E-state index in [1.165, 1.54) is 0 Å². The zero-order valence-electron chi connectivity index (χ0n) is 16.7. The van der Waals surface area contributed by atoms with Crippen molar-refractivity contribution in [3.8, 4) is 5.69 Å². The van der Waals surface area contributed by atoms with Crippen molar-refractivity contribution >= 4 is 29.7 Å². The molecule has 1 N–H and O–H groups in total. The van der Waals surface area contributed by atoms with Gasteiger partial charge in [-0.05, 0) is 45.0 Å². The molecule has 7 heteroatoms. The van der Waals surface area contributed by atoms with Crippen LogP contribution in [-0.4, -0.2) is 20.2 Å². The Bertz CT molecular complexity index is 1120. The standard InChI is InChI=1S/C22H24N4OS.Ni/c1-15(14-16(2)27)23-21-17(3)25(4)26(18-10-6-5-7-11-18)22(21)24-19-12-8-9-13-20(19)28;/h5-14,27-28H,1-4H3;/p-1/b16-14-,23-15?,24-22?;.